The molecule has 5 nitrogen and oxygen atoms in total. The van der Waals surface area contributed by atoms with Crippen LogP contribution in [0.3, 0.4) is 0 Å². The van der Waals surface area contributed by atoms with Gasteiger partial charge in [-0.15, -0.1) is 0 Å². The van der Waals surface area contributed by atoms with Crippen LogP contribution in [0.2, 0.25) is 0 Å². The Labute approximate surface area is 188 Å². The van der Waals surface area contributed by atoms with Crippen molar-refractivity contribution in [1.82, 2.24) is 0 Å². The number of hydrogen-bond acceptors (Lipinski definition) is 4. The van der Waals surface area contributed by atoms with E-state index in [1.807, 2.05) is 25.1 Å². The summed E-state index contributed by atoms with van der Waals surface area (Å²) in [5.41, 5.74) is 1.22. The molecule has 2 fully saturated rings. The van der Waals surface area contributed by atoms with Gasteiger partial charge in [0.05, 0.1) is 32.3 Å². The number of aliphatic carboxylic acids is 1. The van der Waals surface area contributed by atoms with Gasteiger partial charge in [-0.05, 0) is 79.3 Å². The topological polar surface area (TPSA) is 65.0 Å². The van der Waals surface area contributed by atoms with E-state index < -0.39 is 11.4 Å². The van der Waals surface area contributed by atoms with Gasteiger partial charge in [-0.3, -0.25) is 4.79 Å². The standard InChI is InChI=1S/C26H31FO5/c1-26(25(28)29)12-4-5-20(26)23-18(13-16-6-11-21(30-2)22(14-16)31-3)15-32-24(23)17-7-9-19(27)10-8-17/h6-11,14,18,20,23-24H,4-5,12-13,15H2,1-3H3,(H,28,29)/t18-,20?,23-,24+,26?/m0/s1. The number of ether oxygens (including phenoxy) is 3. The van der Waals surface area contributed by atoms with Crippen LogP contribution >= 0.6 is 0 Å². The zero-order chi connectivity index (χ0) is 22.9. The van der Waals surface area contributed by atoms with Crippen molar-refractivity contribution in [2.24, 2.45) is 23.2 Å². The smallest absolute Gasteiger partial charge is 0.309 e. The monoisotopic (exact) mass is 442 g/mol. The summed E-state index contributed by atoms with van der Waals surface area (Å²) in [6, 6.07) is 12.3. The summed E-state index contributed by atoms with van der Waals surface area (Å²) in [7, 11) is 3.23. The summed E-state index contributed by atoms with van der Waals surface area (Å²) >= 11 is 0. The molecule has 1 aliphatic carbocycles. The molecule has 6 heteroatoms. The Morgan fingerprint density at radius 3 is 2.53 bits per heavy atom. The molecule has 1 heterocycles. The number of rotatable bonds is 7. The minimum Gasteiger partial charge on any atom is -0.493 e. The van der Waals surface area contributed by atoms with Crippen LogP contribution in [0.1, 0.15) is 43.4 Å². The molecule has 1 aliphatic heterocycles. The van der Waals surface area contributed by atoms with Gasteiger partial charge in [-0.25, -0.2) is 4.39 Å². The van der Waals surface area contributed by atoms with Crippen molar-refractivity contribution >= 4 is 5.97 Å². The zero-order valence-corrected chi connectivity index (χ0v) is 18.8. The molecule has 1 saturated carbocycles. The molecule has 32 heavy (non-hydrogen) atoms. The van der Waals surface area contributed by atoms with Crippen LogP contribution in [0.25, 0.3) is 0 Å². The summed E-state index contributed by atoms with van der Waals surface area (Å²) in [5.74, 6) is 0.474. The molecule has 172 valence electrons. The van der Waals surface area contributed by atoms with Crippen molar-refractivity contribution in [3.63, 3.8) is 0 Å². The molecular weight excluding hydrogens is 411 g/mol. The van der Waals surface area contributed by atoms with E-state index in [0.717, 1.165) is 30.4 Å². The van der Waals surface area contributed by atoms with Crippen LogP contribution in [0.5, 0.6) is 11.5 Å². The van der Waals surface area contributed by atoms with Gasteiger partial charge in [0.25, 0.3) is 0 Å². The molecule has 0 amide bonds. The molecule has 1 saturated heterocycles. The zero-order valence-electron chi connectivity index (χ0n) is 18.8. The highest BCUT2D eigenvalue weighted by molar-refractivity contribution is 5.75. The fourth-order valence-electron chi connectivity index (χ4n) is 5.79. The summed E-state index contributed by atoms with van der Waals surface area (Å²) < 4.78 is 30.7. The molecule has 5 atom stereocenters. The van der Waals surface area contributed by atoms with Crippen LogP contribution in [-0.2, 0) is 16.0 Å². The number of carboxylic acids is 1. The van der Waals surface area contributed by atoms with Gasteiger partial charge in [-0.1, -0.05) is 24.6 Å². The second-order valence-electron chi connectivity index (χ2n) is 9.26. The van der Waals surface area contributed by atoms with E-state index in [2.05, 4.69) is 0 Å². The fraction of sp³-hybridized carbons (Fsp3) is 0.500. The van der Waals surface area contributed by atoms with Gasteiger partial charge in [0, 0.05) is 0 Å². The van der Waals surface area contributed by atoms with E-state index in [1.165, 1.54) is 12.1 Å². The first kappa shape index (κ1) is 22.6. The first-order valence-corrected chi connectivity index (χ1v) is 11.2. The van der Waals surface area contributed by atoms with Crippen molar-refractivity contribution in [3.8, 4) is 11.5 Å². The quantitative estimate of drug-likeness (QED) is 0.632. The third-order valence-electron chi connectivity index (χ3n) is 7.51. The predicted octanol–water partition coefficient (Wildman–Crippen LogP) is 5.28. The van der Waals surface area contributed by atoms with E-state index in [1.54, 1.807) is 26.4 Å². The largest absolute Gasteiger partial charge is 0.493 e. The Hall–Kier alpha value is -2.60. The highest BCUT2D eigenvalue weighted by atomic mass is 19.1. The molecule has 2 aromatic carbocycles. The minimum absolute atomic E-state index is 0.0114. The summed E-state index contributed by atoms with van der Waals surface area (Å²) in [4.78, 5) is 12.3. The minimum atomic E-state index is -0.785. The molecule has 2 aromatic rings. The van der Waals surface area contributed by atoms with Crippen molar-refractivity contribution < 1.29 is 28.5 Å². The molecule has 2 aliphatic rings. The lowest BCUT2D eigenvalue weighted by Crippen LogP contribution is -2.39. The molecule has 4 rings (SSSR count). The number of carbonyl (C=O) groups is 1. The lowest BCUT2D eigenvalue weighted by molar-refractivity contribution is -0.152. The van der Waals surface area contributed by atoms with Crippen LogP contribution in [0.15, 0.2) is 42.5 Å². The SMILES string of the molecule is COc1ccc(C[C@H]2CO[C@H](c3ccc(F)cc3)[C@@H]2C2CCCC2(C)C(=O)O)cc1OC. The van der Waals surface area contributed by atoms with E-state index in [-0.39, 0.29) is 29.7 Å². The fourth-order valence-corrected chi connectivity index (χ4v) is 5.79. The van der Waals surface area contributed by atoms with Gasteiger partial charge >= 0.3 is 5.97 Å². The number of carboxylic acid groups (broad SMARTS) is 1. The van der Waals surface area contributed by atoms with Crippen LogP contribution in [0.4, 0.5) is 4.39 Å². The first-order chi connectivity index (χ1) is 15.4. The van der Waals surface area contributed by atoms with E-state index >= 15 is 0 Å². The third kappa shape index (κ3) is 4.08. The second-order valence-corrected chi connectivity index (χ2v) is 9.26. The Bertz CT molecular complexity index is 959. The highest BCUT2D eigenvalue weighted by Crippen LogP contribution is 2.56. The maximum Gasteiger partial charge on any atom is 0.309 e. The van der Waals surface area contributed by atoms with Crippen molar-refractivity contribution in [1.29, 1.82) is 0 Å². The molecular formula is C26H31FO5. The molecule has 2 unspecified atom stereocenters. The number of hydrogen-bond donors (Lipinski definition) is 1. The molecule has 0 aromatic heterocycles. The number of halogens is 1. The van der Waals surface area contributed by atoms with Gasteiger partial charge < -0.3 is 19.3 Å². The highest BCUT2D eigenvalue weighted by Gasteiger charge is 2.54. The summed E-state index contributed by atoms with van der Waals surface area (Å²) in [5, 5.41) is 10.1. The predicted molar refractivity (Wildman–Crippen MR) is 118 cm³/mol. The average molecular weight is 443 g/mol. The Balaban J connectivity index is 1.68. The molecule has 0 radical (unpaired) electrons. The van der Waals surface area contributed by atoms with Crippen molar-refractivity contribution in [2.75, 3.05) is 20.8 Å². The number of methoxy groups -OCH3 is 2. The van der Waals surface area contributed by atoms with E-state index in [0.29, 0.717) is 24.5 Å². The first-order valence-electron chi connectivity index (χ1n) is 11.2. The van der Waals surface area contributed by atoms with Crippen LogP contribution < -0.4 is 9.47 Å². The second kappa shape index (κ2) is 9.10. The molecule has 0 bridgehead atoms. The average Bonchev–Trinajstić information content (AvgIpc) is 3.38. The summed E-state index contributed by atoms with van der Waals surface area (Å²) in [6.45, 7) is 2.41. The third-order valence-corrected chi connectivity index (χ3v) is 7.51. The molecule has 1 N–H and O–H groups in total. The maximum absolute atomic E-state index is 13.6. The lowest BCUT2D eigenvalue weighted by atomic mass is 9.66. The maximum atomic E-state index is 13.6. The number of benzene rings is 2. The molecule has 0 spiro atoms. The van der Waals surface area contributed by atoms with Gasteiger partial charge in [0.1, 0.15) is 5.82 Å². The summed E-state index contributed by atoms with van der Waals surface area (Å²) in [6.07, 6.45) is 2.92. The Morgan fingerprint density at radius 2 is 1.88 bits per heavy atom. The van der Waals surface area contributed by atoms with Crippen LogP contribution in [0, 0.1) is 29.0 Å². The Morgan fingerprint density at radius 1 is 1.16 bits per heavy atom. The van der Waals surface area contributed by atoms with Crippen molar-refractivity contribution in [3.05, 3.63) is 59.4 Å². The normalized spacial score (nSPS) is 29.8. The van der Waals surface area contributed by atoms with Gasteiger partial charge in [0.15, 0.2) is 11.5 Å². The van der Waals surface area contributed by atoms with E-state index in [9.17, 15) is 14.3 Å². The van der Waals surface area contributed by atoms with Gasteiger partial charge in [0.2, 0.25) is 0 Å². The Kier molecular flexibility index (Phi) is 6.42. The van der Waals surface area contributed by atoms with E-state index in [4.69, 9.17) is 14.2 Å². The van der Waals surface area contributed by atoms with Crippen molar-refractivity contribution in [2.45, 2.75) is 38.7 Å². The lowest BCUT2D eigenvalue weighted by Gasteiger charge is -2.37. The van der Waals surface area contributed by atoms with Gasteiger partial charge in [-0.2, -0.15) is 0 Å². The van der Waals surface area contributed by atoms with Crippen LogP contribution in [-0.4, -0.2) is 31.9 Å².